The second kappa shape index (κ2) is 5.59. The molecule has 1 aromatic carbocycles. The number of alkyl halides is 1. The summed E-state index contributed by atoms with van der Waals surface area (Å²) in [6.07, 6.45) is 1.61. The first-order chi connectivity index (χ1) is 9.01. The Morgan fingerprint density at radius 2 is 1.84 bits per heavy atom. The Morgan fingerprint density at radius 3 is 2.37 bits per heavy atom. The van der Waals surface area contributed by atoms with Crippen molar-refractivity contribution in [3.05, 3.63) is 53.7 Å². The summed E-state index contributed by atoms with van der Waals surface area (Å²) in [7, 11) is -3.61. The van der Waals surface area contributed by atoms with Crippen LogP contribution in [-0.2, 0) is 15.9 Å². The first kappa shape index (κ1) is 13.8. The number of aryl methyl sites for hydroxylation is 1. The lowest BCUT2D eigenvalue weighted by molar-refractivity contribution is 0.601. The van der Waals surface area contributed by atoms with Gasteiger partial charge in [0.15, 0.2) is 0 Å². The van der Waals surface area contributed by atoms with Crippen molar-refractivity contribution in [2.45, 2.75) is 17.7 Å². The highest BCUT2D eigenvalue weighted by molar-refractivity contribution is 7.92. The van der Waals surface area contributed by atoms with Crippen LogP contribution in [0.2, 0.25) is 0 Å². The first-order valence-corrected chi connectivity index (χ1v) is 7.63. The van der Waals surface area contributed by atoms with Crippen LogP contribution in [0.15, 0.2) is 47.5 Å². The third kappa shape index (κ3) is 3.45. The van der Waals surface area contributed by atoms with E-state index in [1.165, 1.54) is 12.1 Å². The van der Waals surface area contributed by atoms with E-state index in [1.807, 2.05) is 6.92 Å². The number of hydrogen-bond acceptors (Lipinski definition) is 3. The summed E-state index contributed by atoms with van der Waals surface area (Å²) in [5.41, 5.74) is 1.84. The Balaban J connectivity index is 2.24. The predicted molar refractivity (Wildman–Crippen MR) is 75.8 cm³/mol. The van der Waals surface area contributed by atoms with E-state index in [-0.39, 0.29) is 4.90 Å². The second-order valence-corrected chi connectivity index (χ2v) is 6.05. The van der Waals surface area contributed by atoms with Gasteiger partial charge in [-0.15, -0.1) is 11.6 Å². The second-order valence-electron chi connectivity index (χ2n) is 4.10. The van der Waals surface area contributed by atoms with Crippen LogP contribution >= 0.6 is 11.6 Å². The van der Waals surface area contributed by atoms with E-state index in [1.54, 1.807) is 30.5 Å². The molecule has 0 saturated carbocycles. The molecule has 0 unspecified atom stereocenters. The Labute approximate surface area is 117 Å². The standard InChI is InChI=1S/C13H13ClN2O2S/c1-10-2-7-13(15-9-10)16-19(17,18)12-5-3-11(8-14)4-6-12/h2-7,9H,8H2,1H3,(H,15,16). The predicted octanol–water partition coefficient (Wildman–Crippen LogP) is 2.93. The molecule has 0 aliphatic carbocycles. The number of aromatic nitrogens is 1. The lowest BCUT2D eigenvalue weighted by Gasteiger charge is -2.07. The zero-order valence-electron chi connectivity index (χ0n) is 10.3. The molecule has 1 aromatic heterocycles. The van der Waals surface area contributed by atoms with Crippen molar-refractivity contribution in [2.75, 3.05) is 4.72 Å². The molecular weight excluding hydrogens is 284 g/mol. The largest absolute Gasteiger partial charge is 0.263 e. The molecule has 0 aliphatic heterocycles. The van der Waals surface area contributed by atoms with Gasteiger partial charge in [-0.25, -0.2) is 13.4 Å². The van der Waals surface area contributed by atoms with Crippen molar-refractivity contribution >= 4 is 27.4 Å². The van der Waals surface area contributed by atoms with Gasteiger partial charge < -0.3 is 0 Å². The van der Waals surface area contributed by atoms with Crippen LogP contribution in [0.1, 0.15) is 11.1 Å². The maximum absolute atomic E-state index is 12.1. The Bertz CT molecular complexity index is 652. The fourth-order valence-corrected chi connectivity index (χ4v) is 2.67. The number of hydrogen-bond donors (Lipinski definition) is 1. The molecule has 1 N–H and O–H groups in total. The summed E-state index contributed by atoms with van der Waals surface area (Å²) in [4.78, 5) is 4.20. The van der Waals surface area contributed by atoms with Gasteiger partial charge in [-0.1, -0.05) is 18.2 Å². The first-order valence-electron chi connectivity index (χ1n) is 5.61. The maximum Gasteiger partial charge on any atom is 0.263 e. The number of nitrogens with zero attached hydrogens (tertiary/aromatic N) is 1. The van der Waals surface area contributed by atoms with Crippen LogP contribution < -0.4 is 4.72 Å². The molecule has 0 amide bonds. The molecule has 6 heteroatoms. The summed E-state index contributed by atoms with van der Waals surface area (Å²) in [6.45, 7) is 1.89. The fourth-order valence-electron chi connectivity index (χ4n) is 1.48. The minimum absolute atomic E-state index is 0.184. The van der Waals surface area contributed by atoms with Gasteiger partial charge in [0.2, 0.25) is 0 Å². The van der Waals surface area contributed by atoms with Crippen LogP contribution in [0, 0.1) is 6.92 Å². The molecule has 0 fully saturated rings. The topological polar surface area (TPSA) is 59.1 Å². The Hall–Kier alpha value is -1.59. The Morgan fingerprint density at radius 1 is 1.16 bits per heavy atom. The number of anilines is 1. The Kier molecular flexibility index (Phi) is 4.07. The minimum Gasteiger partial charge on any atom is -0.263 e. The van der Waals surface area contributed by atoms with Crippen LogP contribution in [0.5, 0.6) is 0 Å². The van der Waals surface area contributed by atoms with Crippen molar-refractivity contribution in [3.8, 4) is 0 Å². The highest BCUT2D eigenvalue weighted by Crippen LogP contribution is 2.16. The van der Waals surface area contributed by atoms with E-state index in [0.717, 1.165) is 11.1 Å². The van der Waals surface area contributed by atoms with Crippen LogP contribution in [0.4, 0.5) is 5.82 Å². The molecule has 2 aromatic rings. The average Bonchev–Trinajstić information content (AvgIpc) is 2.41. The van der Waals surface area contributed by atoms with Gasteiger partial charge in [-0.3, -0.25) is 4.72 Å². The van der Waals surface area contributed by atoms with Gasteiger partial charge in [0.05, 0.1) is 4.90 Å². The van der Waals surface area contributed by atoms with E-state index < -0.39 is 10.0 Å². The van der Waals surface area contributed by atoms with Gasteiger partial charge in [0.1, 0.15) is 5.82 Å². The highest BCUT2D eigenvalue weighted by Gasteiger charge is 2.14. The quantitative estimate of drug-likeness (QED) is 0.883. The SMILES string of the molecule is Cc1ccc(NS(=O)(=O)c2ccc(CCl)cc2)nc1. The molecule has 4 nitrogen and oxygen atoms in total. The van der Waals surface area contributed by atoms with Crippen LogP contribution in [-0.4, -0.2) is 13.4 Å². The smallest absolute Gasteiger partial charge is 0.263 e. The number of halogens is 1. The molecule has 0 spiro atoms. The van der Waals surface area contributed by atoms with E-state index >= 15 is 0 Å². The molecule has 0 bridgehead atoms. The zero-order chi connectivity index (χ0) is 13.9. The molecule has 100 valence electrons. The van der Waals surface area contributed by atoms with Crippen LogP contribution in [0.25, 0.3) is 0 Å². The molecule has 0 aliphatic rings. The summed E-state index contributed by atoms with van der Waals surface area (Å²) < 4.78 is 26.6. The minimum atomic E-state index is -3.61. The normalized spacial score (nSPS) is 11.3. The van der Waals surface area contributed by atoms with Gasteiger partial charge in [-0.05, 0) is 36.2 Å². The third-order valence-corrected chi connectivity index (χ3v) is 4.22. The van der Waals surface area contributed by atoms with Gasteiger partial charge in [-0.2, -0.15) is 0 Å². The average molecular weight is 297 g/mol. The lowest BCUT2D eigenvalue weighted by Crippen LogP contribution is -2.13. The van der Waals surface area contributed by atoms with E-state index in [2.05, 4.69) is 9.71 Å². The number of benzene rings is 1. The number of pyridine rings is 1. The van der Waals surface area contributed by atoms with Gasteiger partial charge >= 0.3 is 0 Å². The molecule has 0 atom stereocenters. The summed E-state index contributed by atoms with van der Waals surface area (Å²) in [5, 5.41) is 0. The van der Waals surface area contributed by atoms with Crippen molar-refractivity contribution in [2.24, 2.45) is 0 Å². The molecule has 0 saturated heterocycles. The van der Waals surface area contributed by atoms with Gasteiger partial charge in [0, 0.05) is 12.1 Å². The van der Waals surface area contributed by atoms with E-state index in [0.29, 0.717) is 11.7 Å². The van der Waals surface area contributed by atoms with Crippen LogP contribution in [0.3, 0.4) is 0 Å². The molecule has 0 radical (unpaired) electrons. The van der Waals surface area contributed by atoms with E-state index in [4.69, 9.17) is 11.6 Å². The number of rotatable bonds is 4. The molecular formula is C13H13ClN2O2S. The zero-order valence-corrected chi connectivity index (χ0v) is 11.9. The summed E-state index contributed by atoms with van der Waals surface area (Å²) >= 11 is 5.66. The fraction of sp³-hybridized carbons (Fsp3) is 0.154. The highest BCUT2D eigenvalue weighted by atomic mass is 35.5. The summed E-state index contributed by atoms with van der Waals surface area (Å²) in [6, 6.07) is 9.83. The molecule has 19 heavy (non-hydrogen) atoms. The maximum atomic E-state index is 12.1. The summed E-state index contributed by atoms with van der Waals surface area (Å²) in [5.74, 6) is 0.653. The van der Waals surface area contributed by atoms with Crippen molar-refractivity contribution in [1.29, 1.82) is 0 Å². The van der Waals surface area contributed by atoms with Gasteiger partial charge in [0.25, 0.3) is 10.0 Å². The number of sulfonamides is 1. The molecule has 1 heterocycles. The van der Waals surface area contributed by atoms with Crippen molar-refractivity contribution in [3.63, 3.8) is 0 Å². The number of nitrogens with one attached hydrogen (secondary N) is 1. The molecule has 2 rings (SSSR count). The van der Waals surface area contributed by atoms with E-state index in [9.17, 15) is 8.42 Å². The van der Waals surface area contributed by atoms with Crippen molar-refractivity contribution in [1.82, 2.24) is 4.98 Å². The van der Waals surface area contributed by atoms with Crippen molar-refractivity contribution < 1.29 is 8.42 Å². The third-order valence-electron chi connectivity index (χ3n) is 2.54. The lowest BCUT2D eigenvalue weighted by atomic mass is 10.2. The monoisotopic (exact) mass is 296 g/mol.